The van der Waals surface area contributed by atoms with Gasteiger partial charge >= 0.3 is 5.97 Å². The van der Waals surface area contributed by atoms with Gasteiger partial charge in [-0.25, -0.2) is 22.2 Å². The van der Waals surface area contributed by atoms with Crippen LogP contribution in [0.4, 0.5) is 4.39 Å². The number of sulfonamides is 1. The first-order chi connectivity index (χ1) is 34.5. The average Bonchev–Trinajstić information content (AvgIpc) is 3.82. The molecule has 424 valence electrons. The SMILES string of the molecule is CCNS(=O)(=O)c1ccc(C[C@@H](CF)n2cc(CCN(C)[C@H]3C[C@@H](C)O[C@@H](O[C@@H]4[C@@H](C)[C@H](O[C@H]5C[C@@](C)(OC)[C@@H](O)[C@H](C)O5)[C@@H](C)C(=O)O[C@H](CC)[C@@](C)(O)[C@H](O)[C@@H](C)N(C)C[C@H](C)C[C@@]4(C)O)[C@@H]3O)nn2)cc1. The average molecular weight is 1070 g/mol. The molecule has 0 radical (unpaired) electrons. The predicted octanol–water partition coefficient (Wildman–Crippen LogP) is 3.16. The van der Waals surface area contributed by atoms with Crippen LogP contribution >= 0.6 is 0 Å². The quantitative estimate of drug-likeness (QED) is 0.124. The number of halogens is 1. The highest BCUT2D eigenvalue weighted by molar-refractivity contribution is 7.89. The summed E-state index contributed by atoms with van der Waals surface area (Å²) < 4.78 is 81.5. The number of esters is 1. The van der Waals surface area contributed by atoms with Gasteiger partial charge in [0.25, 0.3) is 0 Å². The van der Waals surface area contributed by atoms with Crippen LogP contribution in [-0.2, 0) is 56.1 Å². The Morgan fingerprint density at radius 1 is 0.986 bits per heavy atom. The molecule has 20 nitrogen and oxygen atoms in total. The molecule has 0 spiro atoms. The van der Waals surface area contributed by atoms with Crippen molar-refractivity contribution < 1.29 is 71.6 Å². The Hall–Kier alpha value is -2.81. The lowest BCUT2D eigenvalue weighted by atomic mass is 9.77. The van der Waals surface area contributed by atoms with Crippen molar-refractivity contribution in [3.8, 4) is 0 Å². The molecular formula is C52H89FN6O14S. The minimum Gasteiger partial charge on any atom is -0.459 e. The van der Waals surface area contributed by atoms with Crippen molar-refractivity contribution in [1.82, 2.24) is 29.5 Å². The van der Waals surface area contributed by atoms with Crippen LogP contribution in [0.15, 0.2) is 35.4 Å². The van der Waals surface area contributed by atoms with Gasteiger partial charge in [-0.15, -0.1) is 5.10 Å². The van der Waals surface area contributed by atoms with Crippen LogP contribution < -0.4 is 4.72 Å². The maximum Gasteiger partial charge on any atom is 0.311 e. The first-order valence-electron chi connectivity index (χ1n) is 26.4. The second-order valence-corrected chi connectivity index (χ2v) is 24.0. The van der Waals surface area contributed by atoms with Crippen molar-refractivity contribution in [2.45, 2.75) is 216 Å². The molecule has 0 unspecified atom stereocenters. The highest BCUT2D eigenvalue weighted by Crippen LogP contribution is 2.40. The summed E-state index contributed by atoms with van der Waals surface area (Å²) in [7, 11) is 1.54. The molecule has 3 saturated heterocycles. The van der Waals surface area contributed by atoms with E-state index in [1.165, 1.54) is 30.8 Å². The van der Waals surface area contributed by atoms with Crippen molar-refractivity contribution in [2.75, 3.05) is 47.5 Å². The molecule has 3 aliphatic heterocycles. The summed E-state index contributed by atoms with van der Waals surface area (Å²) in [6.45, 7) is 19.3. The summed E-state index contributed by atoms with van der Waals surface area (Å²) in [5, 5.41) is 68.3. The van der Waals surface area contributed by atoms with Gasteiger partial charge in [0.1, 0.15) is 36.7 Å². The summed E-state index contributed by atoms with van der Waals surface area (Å²) >= 11 is 0. The fourth-order valence-corrected chi connectivity index (χ4v) is 12.3. The summed E-state index contributed by atoms with van der Waals surface area (Å²) in [4.78, 5) is 18.5. The Morgan fingerprint density at radius 3 is 2.26 bits per heavy atom. The van der Waals surface area contributed by atoms with E-state index >= 15 is 0 Å². The van der Waals surface area contributed by atoms with Crippen LogP contribution in [0.1, 0.15) is 119 Å². The maximum absolute atomic E-state index is 14.5. The molecule has 2 aromatic rings. The van der Waals surface area contributed by atoms with Crippen LogP contribution in [0.3, 0.4) is 0 Å². The zero-order valence-corrected chi connectivity index (χ0v) is 46.9. The fraction of sp³-hybridized carbons (Fsp3) is 0.827. The Morgan fingerprint density at radius 2 is 1.65 bits per heavy atom. The number of nitrogens with zero attached hydrogens (tertiary/aromatic N) is 5. The molecular weight excluding hydrogens is 984 g/mol. The van der Waals surface area contributed by atoms with E-state index in [9.17, 15) is 43.1 Å². The number of hydrogen-bond donors (Lipinski definition) is 6. The molecule has 5 rings (SSSR count). The van der Waals surface area contributed by atoms with Crippen molar-refractivity contribution in [3.05, 3.63) is 41.7 Å². The zero-order chi connectivity index (χ0) is 55.2. The van der Waals surface area contributed by atoms with Crippen LogP contribution in [0.25, 0.3) is 0 Å². The largest absolute Gasteiger partial charge is 0.459 e. The molecule has 22 heteroatoms. The maximum atomic E-state index is 14.5. The monoisotopic (exact) mass is 1070 g/mol. The Balaban J connectivity index is 1.42. The first-order valence-corrected chi connectivity index (χ1v) is 27.8. The molecule has 0 amide bonds. The summed E-state index contributed by atoms with van der Waals surface area (Å²) in [6, 6.07) is 4.51. The molecule has 1 aromatic carbocycles. The molecule has 4 heterocycles. The summed E-state index contributed by atoms with van der Waals surface area (Å²) in [6.07, 6.45) is -7.26. The van der Waals surface area contributed by atoms with Gasteiger partial charge in [0.15, 0.2) is 12.6 Å². The number of alkyl halides is 1. The number of benzene rings is 1. The van der Waals surface area contributed by atoms with Gasteiger partial charge in [-0.05, 0) is 112 Å². The van der Waals surface area contributed by atoms with E-state index in [4.69, 9.17) is 28.4 Å². The number of nitrogens with one attached hydrogen (secondary N) is 1. The van der Waals surface area contributed by atoms with Crippen LogP contribution in [0, 0.1) is 17.8 Å². The summed E-state index contributed by atoms with van der Waals surface area (Å²) in [5.41, 5.74) is -3.29. The number of rotatable bonds is 17. The number of aliphatic hydroxyl groups excluding tert-OH is 3. The number of carbonyl (C=O) groups excluding carboxylic acids is 1. The number of likely N-dealkylation sites (N-methyl/N-ethyl adjacent to an activating group) is 2. The second-order valence-electron chi connectivity index (χ2n) is 22.3. The lowest BCUT2D eigenvalue weighted by molar-refractivity contribution is -0.318. The normalized spacial score (nSPS) is 39.0. The topological polar surface area (TPSA) is 257 Å². The third kappa shape index (κ3) is 14.7. The molecule has 3 aliphatic rings. The number of ether oxygens (including phenoxy) is 6. The molecule has 74 heavy (non-hydrogen) atoms. The van der Waals surface area contributed by atoms with Crippen LogP contribution in [-0.4, -0.2) is 203 Å². The standard InChI is InChI=1S/C52H89FN6O14S/c1-15-41-52(11,65)45(61)34(7)58(13)28-30(3)25-50(9,64)47(32(5)44(33(6)48(63)71-41)72-42-26-51(10,68-14)46(62)35(8)70-42)73-49-43(60)40(23-31(4)69-49)57(12)22-21-37-29-59(56-55-37)38(27-53)24-36-17-19-39(20-18-36)74(66,67)54-16-2/h17-20,29-35,38,40-47,49,54,60-62,64-65H,15-16,21-28H2,1-14H3/t30-,31-,32+,33-,34-,35+,38+,40+,41-,42+,43-,44+,45-,46+,47-,49+,50-,51-,52-/m1/s1. The minimum absolute atomic E-state index is 0.0755. The van der Waals surface area contributed by atoms with Crippen LogP contribution in [0.2, 0.25) is 0 Å². The van der Waals surface area contributed by atoms with Crippen LogP contribution in [0.5, 0.6) is 0 Å². The van der Waals surface area contributed by atoms with E-state index in [2.05, 4.69) is 15.0 Å². The number of carbonyl (C=O) groups is 1. The van der Waals surface area contributed by atoms with Gasteiger partial charge < -0.3 is 63.8 Å². The third-order valence-corrected chi connectivity index (χ3v) is 17.5. The molecule has 3 fully saturated rings. The van der Waals surface area contributed by atoms with Crippen molar-refractivity contribution in [2.24, 2.45) is 17.8 Å². The lowest BCUT2D eigenvalue weighted by Gasteiger charge is -2.49. The molecule has 0 saturated carbocycles. The number of aliphatic hydroxyl groups is 5. The van der Waals surface area contributed by atoms with E-state index in [-0.39, 0.29) is 43.0 Å². The van der Waals surface area contributed by atoms with E-state index < -0.39 is 131 Å². The molecule has 19 atom stereocenters. The van der Waals surface area contributed by atoms with Gasteiger partial charge in [-0.2, -0.15) is 0 Å². The van der Waals surface area contributed by atoms with Gasteiger partial charge in [0.05, 0.1) is 58.2 Å². The Labute approximate surface area is 438 Å². The van der Waals surface area contributed by atoms with Gasteiger partial charge in [0, 0.05) is 63.8 Å². The number of cyclic esters (lactones) is 1. The van der Waals surface area contributed by atoms with E-state index in [1.54, 1.807) is 73.7 Å². The van der Waals surface area contributed by atoms with Gasteiger partial charge in [-0.1, -0.05) is 45.0 Å². The van der Waals surface area contributed by atoms with E-state index in [1.807, 2.05) is 37.7 Å². The predicted molar refractivity (Wildman–Crippen MR) is 273 cm³/mol. The first kappa shape index (κ1) is 62.0. The molecule has 0 aliphatic carbocycles. The van der Waals surface area contributed by atoms with Gasteiger partial charge in [-0.3, -0.25) is 4.79 Å². The van der Waals surface area contributed by atoms with Crippen molar-refractivity contribution in [3.63, 3.8) is 0 Å². The minimum atomic E-state index is -3.63. The summed E-state index contributed by atoms with van der Waals surface area (Å²) in [5.74, 6) is -2.91. The second kappa shape index (κ2) is 25.8. The smallest absolute Gasteiger partial charge is 0.311 e. The molecule has 1 aromatic heterocycles. The fourth-order valence-electron chi connectivity index (χ4n) is 11.3. The number of methoxy groups -OCH3 is 1. The van der Waals surface area contributed by atoms with Crippen molar-refractivity contribution >= 4 is 16.0 Å². The Bertz CT molecular complexity index is 2190. The van der Waals surface area contributed by atoms with Gasteiger partial charge in [0.2, 0.25) is 10.0 Å². The number of aromatic nitrogens is 3. The molecule has 0 bridgehead atoms. The highest BCUT2D eigenvalue weighted by atomic mass is 32.2. The lowest BCUT2D eigenvalue weighted by Crippen LogP contribution is -2.61. The molecule has 6 N–H and O–H groups in total. The Kier molecular flexibility index (Phi) is 21.6. The van der Waals surface area contributed by atoms with E-state index in [0.29, 0.717) is 31.6 Å². The highest BCUT2D eigenvalue weighted by Gasteiger charge is 2.53. The zero-order valence-electron chi connectivity index (χ0n) is 46.1. The van der Waals surface area contributed by atoms with E-state index in [0.717, 1.165) is 5.56 Å². The number of hydrogen-bond acceptors (Lipinski definition) is 18. The van der Waals surface area contributed by atoms with Crippen molar-refractivity contribution in [1.29, 1.82) is 0 Å². The third-order valence-electron chi connectivity index (χ3n) is 16.0.